The molecule has 0 saturated heterocycles. The highest BCUT2D eigenvalue weighted by Crippen LogP contribution is 2.57. The van der Waals surface area contributed by atoms with E-state index in [1.54, 1.807) is 0 Å². The van der Waals surface area contributed by atoms with Crippen LogP contribution in [0.2, 0.25) is 0 Å². The van der Waals surface area contributed by atoms with E-state index in [9.17, 15) is 0 Å². The first-order valence-electron chi connectivity index (χ1n) is 21.9. The first-order chi connectivity index (χ1) is 32.3. The number of nitrogens with zero attached hydrogens (tertiary/aromatic N) is 4. The Morgan fingerprint density at radius 2 is 0.354 bits per heavy atom. The summed E-state index contributed by atoms with van der Waals surface area (Å²) >= 11 is 1.86. The third-order valence-corrected chi connectivity index (χ3v) is 13.0. The zero-order valence-corrected chi connectivity index (χ0v) is 36.4. The van der Waals surface area contributed by atoms with Crippen molar-refractivity contribution in [2.45, 2.75) is 0 Å². The summed E-state index contributed by atoms with van der Waals surface area (Å²) in [6, 6.07) is 95.4. The molecule has 11 rings (SSSR count). The number of fused-ring (bicyclic) bond motifs is 3. The van der Waals surface area contributed by atoms with E-state index in [0.29, 0.717) is 0 Å². The van der Waals surface area contributed by atoms with Crippen LogP contribution in [0.25, 0.3) is 20.2 Å². The number of hydrogen-bond donors (Lipinski definition) is 0. The van der Waals surface area contributed by atoms with Crippen molar-refractivity contribution < 1.29 is 0 Å². The lowest BCUT2D eigenvalue weighted by molar-refractivity contribution is 1.27. The van der Waals surface area contributed by atoms with Gasteiger partial charge in [0.25, 0.3) is 0 Å². The topological polar surface area (TPSA) is 13.0 Å². The van der Waals surface area contributed by atoms with Crippen LogP contribution in [0, 0.1) is 0 Å². The maximum atomic E-state index is 2.42. The standard InChI is InChI=1S/C60H44N4S/c1-9-25-45(26-10-1)61(46-27-11-2-12-28-46)53-41-43-55(63(49-33-17-5-18-34-49)50-35-19-6-20-36-50)59-57(53)58-54(62(47-29-13-3-14-30-47)48-31-15-4-16-32-48)42-44-56(60(58)65-59)64(51-37-21-7-22-38-51)52-39-23-8-24-40-52/h1-44H. The van der Waals surface area contributed by atoms with Gasteiger partial charge in [-0.1, -0.05) is 146 Å². The fraction of sp³-hybridized carbons (Fsp3) is 0. The summed E-state index contributed by atoms with van der Waals surface area (Å²) < 4.78 is 2.33. The van der Waals surface area contributed by atoms with Gasteiger partial charge in [0, 0.05) is 56.3 Å². The first kappa shape index (κ1) is 39.5. The smallest absolute Gasteiger partial charge is 0.0641 e. The van der Waals surface area contributed by atoms with E-state index >= 15 is 0 Å². The molecule has 5 heteroatoms. The molecule has 0 fully saturated rings. The summed E-state index contributed by atoms with van der Waals surface area (Å²) in [4.78, 5) is 9.67. The predicted octanol–water partition coefficient (Wildman–Crippen LogP) is 17.9. The van der Waals surface area contributed by atoms with Gasteiger partial charge in [-0.05, 0) is 121 Å². The molecule has 0 aliphatic carbocycles. The van der Waals surface area contributed by atoms with Crippen molar-refractivity contribution in [3.63, 3.8) is 0 Å². The quantitative estimate of drug-likeness (QED) is 0.121. The molecule has 0 amide bonds. The van der Waals surface area contributed by atoms with Crippen LogP contribution < -0.4 is 19.6 Å². The van der Waals surface area contributed by atoms with Crippen LogP contribution in [0.4, 0.5) is 68.2 Å². The van der Waals surface area contributed by atoms with Gasteiger partial charge in [-0.25, -0.2) is 0 Å². The van der Waals surface area contributed by atoms with Gasteiger partial charge < -0.3 is 19.6 Å². The molecule has 0 N–H and O–H groups in total. The number of para-hydroxylation sites is 8. The van der Waals surface area contributed by atoms with Crippen molar-refractivity contribution in [3.05, 3.63) is 267 Å². The van der Waals surface area contributed by atoms with Gasteiger partial charge in [-0.15, -0.1) is 11.3 Å². The van der Waals surface area contributed by atoms with Crippen LogP contribution in [-0.2, 0) is 0 Å². The number of hydrogen-bond acceptors (Lipinski definition) is 5. The molecule has 0 atom stereocenters. The third-order valence-electron chi connectivity index (χ3n) is 11.8. The van der Waals surface area contributed by atoms with Crippen LogP contribution >= 0.6 is 11.3 Å². The maximum absolute atomic E-state index is 2.42. The SMILES string of the molecule is c1ccc(N(c2ccccc2)c2ccc(N(c3ccccc3)c3ccccc3)c3c2sc2c(N(c4ccccc4)c4ccccc4)ccc(N(c4ccccc4)c4ccccc4)c23)cc1. The minimum Gasteiger partial charge on any atom is -0.310 e. The van der Waals surface area contributed by atoms with Crippen LogP contribution in [-0.4, -0.2) is 0 Å². The van der Waals surface area contributed by atoms with E-state index in [1.807, 2.05) is 11.3 Å². The molecule has 1 aromatic heterocycles. The number of rotatable bonds is 12. The zero-order valence-electron chi connectivity index (χ0n) is 35.6. The highest BCUT2D eigenvalue weighted by Gasteiger charge is 2.29. The summed E-state index contributed by atoms with van der Waals surface area (Å²) in [6.07, 6.45) is 0. The monoisotopic (exact) mass is 852 g/mol. The lowest BCUT2D eigenvalue weighted by atomic mass is 10.0. The van der Waals surface area contributed by atoms with Crippen molar-refractivity contribution in [2.24, 2.45) is 0 Å². The lowest BCUT2D eigenvalue weighted by Crippen LogP contribution is -2.14. The lowest BCUT2D eigenvalue weighted by Gasteiger charge is -2.31. The van der Waals surface area contributed by atoms with Crippen molar-refractivity contribution in [1.29, 1.82) is 0 Å². The molecule has 1 heterocycles. The molecule has 0 aliphatic rings. The van der Waals surface area contributed by atoms with E-state index < -0.39 is 0 Å². The van der Waals surface area contributed by atoms with E-state index in [-0.39, 0.29) is 0 Å². The minimum atomic E-state index is 1.07. The third kappa shape index (κ3) is 7.54. The summed E-state index contributed by atoms with van der Waals surface area (Å²) in [6.45, 7) is 0. The second kappa shape index (κ2) is 17.8. The first-order valence-corrected chi connectivity index (χ1v) is 22.8. The highest BCUT2D eigenvalue weighted by molar-refractivity contribution is 7.27. The molecular formula is C60H44N4S. The fourth-order valence-corrected chi connectivity index (χ4v) is 10.3. The Morgan fingerprint density at radius 1 is 0.185 bits per heavy atom. The Morgan fingerprint density at radius 3 is 0.554 bits per heavy atom. The Hall–Kier alpha value is -8.38. The van der Waals surface area contributed by atoms with Crippen molar-refractivity contribution >= 4 is 99.8 Å². The second-order valence-electron chi connectivity index (χ2n) is 15.7. The van der Waals surface area contributed by atoms with Crippen LogP contribution in [0.3, 0.4) is 0 Å². The van der Waals surface area contributed by atoms with E-state index in [0.717, 1.165) is 88.4 Å². The summed E-state index contributed by atoms with van der Waals surface area (Å²) in [5.41, 5.74) is 13.0. The Labute approximate surface area is 384 Å². The highest BCUT2D eigenvalue weighted by atomic mass is 32.1. The Bertz CT molecular complexity index is 2910. The molecule has 10 aromatic carbocycles. The molecule has 11 aromatic rings. The summed E-state index contributed by atoms with van der Waals surface area (Å²) in [5.74, 6) is 0. The molecule has 0 aliphatic heterocycles. The van der Waals surface area contributed by atoms with E-state index in [4.69, 9.17) is 0 Å². The van der Waals surface area contributed by atoms with Gasteiger partial charge in [-0.2, -0.15) is 0 Å². The largest absolute Gasteiger partial charge is 0.310 e. The number of benzene rings is 10. The fourth-order valence-electron chi connectivity index (χ4n) is 8.96. The molecule has 65 heavy (non-hydrogen) atoms. The molecule has 0 bridgehead atoms. The molecule has 0 saturated carbocycles. The molecule has 0 unspecified atom stereocenters. The van der Waals surface area contributed by atoms with Gasteiger partial charge in [0.2, 0.25) is 0 Å². The Kier molecular flexibility index (Phi) is 10.8. The second-order valence-corrected chi connectivity index (χ2v) is 16.8. The number of anilines is 12. The number of thiophene rings is 1. The van der Waals surface area contributed by atoms with Crippen molar-refractivity contribution in [1.82, 2.24) is 0 Å². The molecule has 4 nitrogen and oxygen atoms in total. The maximum Gasteiger partial charge on any atom is 0.0641 e. The molecule has 0 radical (unpaired) electrons. The summed E-state index contributed by atoms with van der Waals surface area (Å²) in [7, 11) is 0. The van der Waals surface area contributed by atoms with Crippen LogP contribution in [0.1, 0.15) is 0 Å². The van der Waals surface area contributed by atoms with Gasteiger partial charge >= 0.3 is 0 Å². The van der Waals surface area contributed by atoms with Crippen molar-refractivity contribution in [3.8, 4) is 0 Å². The predicted molar refractivity (Wildman–Crippen MR) is 278 cm³/mol. The molecular weight excluding hydrogens is 809 g/mol. The average molecular weight is 853 g/mol. The molecule has 0 spiro atoms. The van der Waals surface area contributed by atoms with Crippen molar-refractivity contribution in [2.75, 3.05) is 19.6 Å². The van der Waals surface area contributed by atoms with Gasteiger partial charge in [0.15, 0.2) is 0 Å². The van der Waals surface area contributed by atoms with Crippen LogP contribution in [0.15, 0.2) is 267 Å². The van der Waals surface area contributed by atoms with E-state index in [2.05, 4.69) is 287 Å². The zero-order chi connectivity index (χ0) is 43.4. The molecule has 310 valence electrons. The van der Waals surface area contributed by atoms with Crippen LogP contribution in [0.5, 0.6) is 0 Å². The van der Waals surface area contributed by atoms with Gasteiger partial charge in [-0.3, -0.25) is 0 Å². The normalized spacial score (nSPS) is 11.1. The Balaban J connectivity index is 1.34. The van der Waals surface area contributed by atoms with Gasteiger partial charge in [0.05, 0.1) is 32.1 Å². The van der Waals surface area contributed by atoms with Gasteiger partial charge in [0.1, 0.15) is 0 Å². The summed E-state index contributed by atoms with van der Waals surface area (Å²) in [5, 5.41) is 2.31. The minimum absolute atomic E-state index is 1.07. The average Bonchev–Trinajstić information content (AvgIpc) is 3.80. The van der Waals surface area contributed by atoms with E-state index in [1.165, 1.54) is 0 Å².